The zero-order chi connectivity index (χ0) is 14.1. The second-order valence-corrected chi connectivity index (χ2v) is 4.89. The molecule has 0 saturated carbocycles. The van der Waals surface area contributed by atoms with Crippen LogP contribution in [0.2, 0.25) is 10.0 Å². The number of fused-ring (bicyclic) bond motifs is 1. The Hall–Kier alpha value is -1.84. The highest BCUT2D eigenvalue weighted by Crippen LogP contribution is 2.36. The molecular weight excluding hydrogens is 300 g/mol. The van der Waals surface area contributed by atoms with Crippen molar-refractivity contribution in [2.45, 2.75) is 0 Å². The van der Waals surface area contributed by atoms with Gasteiger partial charge in [-0.2, -0.15) is 0 Å². The van der Waals surface area contributed by atoms with Crippen LogP contribution in [-0.4, -0.2) is 4.98 Å². The van der Waals surface area contributed by atoms with E-state index in [-0.39, 0.29) is 10.0 Å². The van der Waals surface area contributed by atoms with Crippen molar-refractivity contribution >= 4 is 34.1 Å². The van der Waals surface area contributed by atoms with Gasteiger partial charge in [0.05, 0.1) is 10.5 Å². The fraction of sp³-hybridized carbons (Fsp3) is 0. The summed E-state index contributed by atoms with van der Waals surface area (Å²) in [5.74, 6) is 0.276. The number of ether oxygens (including phenoxy) is 1. The fourth-order valence-electron chi connectivity index (χ4n) is 1.82. The van der Waals surface area contributed by atoms with Gasteiger partial charge in [-0.25, -0.2) is 4.39 Å². The summed E-state index contributed by atoms with van der Waals surface area (Å²) in [7, 11) is 0. The summed E-state index contributed by atoms with van der Waals surface area (Å²) >= 11 is 11.7. The summed E-state index contributed by atoms with van der Waals surface area (Å²) in [4.78, 5) is 4.24. The first-order valence-electron chi connectivity index (χ1n) is 5.81. The van der Waals surface area contributed by atoms with Crippen LogP contribution in [0.5, 0.6) is 11.5 Å². The Bertz CT molecular complexity index is 792. The van der Waals surface area contributed by atoms with E-state index in [4.69, 9.17) is 27.9 Å². The molecule has 1 aromatic heterocycles. The Morgan fingerprint density at radius 1 is 1.00 bits per heavy atom. The molecule has 0 aliphatic carbocycles. The molecule has 0 atom stereocenters. The Balaban J connectivity index is 1.99. The van der Waals surface area contributed by atoms with E-state index in [1.807, 2.05) is 18.2 Å². The van der Waals surface area contributed by atoms with Crippen LogP contribution in [0.25, 0.3) is 10.9 Å². The normalized spacial score (nSPS) is 10.8. The van der Waals surface area contributed by atoms with E-state index in [0.29, 0.717) is 11.5 Å². The second-order valence-electron chi connectivity index (χ2n) is 4.13. The van der Waals surface area contributed by atoms with Gasteiger partial charge < -0.3 is 4.74 Å². The van der Waals surface area contributed by atoms with Crippen LogP contribution < -0.4 is 4.74 Å². The molecule has 0 bridgehead atoms. The predicted molar refractivity (Wildman–Crippen MR) is 78.2 cm³/mol. The Labute approximate surface area is 124 Å². The number of nitrogens with zero attached hydrogens (tertiary/aromatic N) is 1. The number of benzene rings is 2. The first-order chi connectivity index (χ1) is 9.65. The summed E-state index contributed by atoms with van der Waals surface area (Å²) < 4.78 is 18.9. The molecule has 0 aliphatic heterocycles. The molecule has 1 heterocycles. The zero-order valence-electron chi connectivity index (χ0n) is 10.1. The summed E-state index contributed by atoms with van der Waals surface area (Å²) in [6.45, 7) is 0. The van der Waals surface area contributed by atoms with Crippen LogP contribution in [0.3, 0.4) is 0 Å². The lowest BCUT2D eigenvalue weighted by molar-refractivity contribution is 0.481. The number of halogens is 3. The number of pyridine rings is 1. The third-order valence-corrected chi connectivity index (χ3v) is 3.65. The molecule has 100 valence electrons. The lowest BCUT2D eigenvalue weighted by atomic mass is 10.2. The van der Waals surface area contributed by atoms with E-state index in [9.17, 15) is 4.39 Å². The molecule has 2 nitrogen and oxygen atoms in total. The predicted octanol–water partition coefficient (Wildman–Crippen LogP) is 5.47. The molecule has 0 saturated heterocycles. The van der Waals surface area contributed by atoms with Crippen molar-refractivity contribution in [2.24, 2.45) is 0 Å². The van der Waals surface area contributed by atoms with Gasteiger partial charge in [0.1, 0.15) is 22.3 Å². The van der Waals surface area contributed by atoms with Crippen molar-refractivity contribution in [2.75, 3.05) is 0 Å². The smallest absolute Gasteiger partial charge is 0.147 e. The minimum Gasteiger partial charge on any atom is -0.456 e. The van der Waals surface area contributed by atoms with Gasteiger partial charge in [-0.1, -0.05) is 29.3 Å². The maximum Gasteiger partial charge on any atom is 0.147 e. The number of hydrogen-bond donors (Lipinski definition) is 0. The van der Waals surface area contributed by atoms with E-state index in [2.05, 4.69) is 4.98 Å². The molecule has 3 aromatic rings. The quantitative estimate of drug-likeness (QED) is 0.585. The van der Waals surface area contributed by atoms with Gasteiger partial charge in [0, 0.05) is 17.6 Å². The Kier molecular flexibility index (Phi) is 3.47. The lowest BCUT2D eigenvalue weighted by Gasteiger charge is -2.09. The summed E-state index contributed by atoms with van der Waals surface area (Å²) in [5.41, 5.74) is 0.800. The van der Waals surface area contributed by atoms with Crippen LogP contribution >= 0.6 is 23.2 Å². The molecule has 2 aromatic carbocycles. The highest BCUT2D eigenvalue weighted by molar-refractivity contribution is 6.43. The van der Waals surface area contributed by atoms with E-state index in [1.54, 1.807) is 18.3 Å². The highest BCUT2D eigenvalue weighted by Gasteiger charge is 2.11. The third kappa shape index (κ3) is 2.42. The van der Waals surface area contributed by atoms with Crippen LogP contribution in [0.15, 0.2) is 48.7 Å². The SMILES string of the molecule is Fc1ccc(Oc2ccc3cccnc3c2)c(Cl)c1Cl. The molecule has 0 radical (unpaired) electrons. The molecule has 0 aliphatic rings. The molecule has 20 heavy (non-hydrogen) atoms. The Morgan fingerprint density at radius 2 is 1.85 bits per heavy atom. The molecule has 0 N–H and O–H groups in total. The van der Waals surface area contributed by atoms with Crippen molar-refractivity contribution in [3.05, 3.63) is 64.5 Å². The first-order valence-corrected chi connectivity index (χ1v) is 6.57. The topological polar surface area (TPSA) is 22.1 Å². The monoisotopic (exact) mass is 307 g/mol. The van der Waals surface area contributed by atoms with Gasteiger partial charge in [-0.05, 0) is 30.3 Å². The molecule has 3 rings (SSSR count). The van der Waals surface area contributed by atoms with Gasteiger partial charge in [0.15, 0.2) is 0 Å². The molecule has 0 amide bonds. The van der Waals surface area contributed by atoms with Crippen molar-refractivity contribution < 1.29 is 9.13 Å². The first kappa shape index (κ1) is 13.2. The van der Waals surface area contributed by atoms with Gasteiger partial charge in [0.25, 0.3) is 0 Å². The number of hydrogen-bond acceptors (Lipinski definition) is 2. The van der Waals surface area contributed by atoms with Crippen molar-refractivity contribution in [3.63, 3.8) is 0 Å². The fourth-order valence-corrected chi connectivity index (χ4v) is 2.17. The molecular formula is C15H8Cl2FNO. The van der Waals surface area contributed by atoms with Crippen LogP contribution in [0, 0.1) is 5.82 Å². The van der Waals surface area contributed by atoms with Crippen molar-refractivity contribution in [1.82, 2.24) is 4.98 Å². The third-order valence-electron chi connectivity index (χ3n) is 2.80. The van der Waals surface area contributed by atoms with E-state index < -0.39 is 5.82 Å². The zero-order valence-corrected chi connectivity index (χ0v) is 11.6. The minimum atomic E-state index is -0.579. The second kappa shape index (κ2) is 5.27. The standard InChI is InChI=1S/C15H8Cl2FNO/c16-14-11(18)5-6-13(15(14)17)20-10-4-3-9-2-1-7-19-12(9)8-10/h1-8H. The molecule has 0 unspecified atom stereocenters. The van der Waals surface area contributed by atoms with Crippen LogP contribution in [-0.2, 0) is 0 Å². The van der Waals surface area contributed by atoms with Crippen molar-refractivity contribution in [3.8, 4) is 11.5 Å². The minimum absolute atomic E-state index is 0.0489. The molecule has 0 spiro atoms. The summed E-state index contributed by atoms with van der Waals surface area (Å²) in [6.07, 6.45) is 1.70. The maximum atomic E-state index is 13.2. The molecule has 0 fully saturated rings. The average Bonchev–Trinajstić information content (AvgIpc) is 2.48. The summed E-state index contributed by atoms with van der Waals surface area (Å²) in [5, 5.41) is 0.902. The van der Waals surface area contributed by atoms with Crippen molar-refractivity contribution in [1.29, 1.82) is 0 Å². The van der Waals surface area contributed by atoms with E-state index in [1.165, 1.54) is 12.1 Å². The van der Waals surface area contributed by atoms with Gasteiger partial charge in [0.2, 0.25) is 0 Å². The van der Waals surface area contributed by atoms with Crippen LogP contribution in [0.4, 0.5) is 4.39 Å². The highest BCUT2D eigenvalue weighted by atomic mass is 35.5. The molecule has 5 heteroatoms. The number of aromatic nitrogens is 1. The van der Waals surface area contributed by atoms with Crippen LogP contribution in [0.1, 0.15) is 0 Å². The maximum absolute atomic E-state index is 13.2. The largest absolute Gasteiger partial charge is 0.456 e. The average molecular weight is 308 g/mol. The van der Waals surface area contributed by atoms with Gasteiger partial charge >= 0.3 is 0 Å². The van der Waals surface area contributed by atoms with E-state index >= 15 is 0 Å². The van der Waals surface area contributed by atoms with Gasteiger partial charge in [-0.3, -0.25) is 4.98 Å². The Morgan fingerprint density at radius 3 is 2.70 bits per heavy atom. The van der Waals surface area contributed by atoms with Gasteiger partial charge in [-0.15, -0.1) is 0 Å². The summed E-state index contributed by atoms with van der Waals surface area (Å²) in [6, 6.07) is 11.9. The number of rotatable bonds is 2. The van der Waals surface area contributed by atoms with E-state index in [0.717, 1.165) is 10.9 Å². The lowest BCUT2D eigenvalue weighted by Crippen LogP contribution is -1.88.